The van der Waals surface area contributed by atoms with Gasteiger partial charge >= 0.3 is 5.97 Å². The molecule has 0 saturated carbocycles. The molecule has 0 amide bonds. The number of unbranched alkanes of at least 4 members (excludes halogenated alkanes) is 9. The minimum absolute atomic E-state index is 0.0558. The Labute approximate surface area is 310 Å². The molecule has 0 unspecified atom stereocenters. The zero-order valence-corrected chi connectivity index (χ0v) is 31.3. The highest BCUT2D eigenvalue weighted by Gasteiger charge is 2.45. The summed E-state index contributed by atoms with van der Waals surface area (Å²) < 4.78 is 28.1. The predicted molar refractivity (Wildman–Crippen MR) is 201 cm³/mol. The summed E-state index contributed by atoms with van der Waals surface area (Å²) in [4.78, 5) is 26.2. The third kappa shape index (κ3) is 11.2. The van der Waals surface area contributed by atoms with E-state index in [-0.39, 0.29) is 45.6 Å². The number of esters is 1. The molecule has 0 spiro atoms. The van der Waals surface area contributed by atoms with Crippen molar-refractivity contribution in [3.05, 3.63) is 57.8 Å². The number of ether oxygens (including phenoxy) is 4. The lowest BCUT2D eigenvalue weighted by molar-refractivity contribution is -0.278. The van der Waals surface area contributed by atoms with Gasteiger partial charge in [0.1, 0.15) is 47.9 Å². The van der Waals surface area contributed by atoms with Crippen molar-refractivity contribution in [1.29, 1.82) is 0 Å². The van der Waals surface area contributed by atoms with E-state index >= 15 is 0 Å². The van der Waals surface area contributed by atoms with Gasteiger partial charge in [-0.3, -0.25) is 9.59 Å². The smallest absolute Gasteiger partial charge is 0.305 e. The number of phenols is 2. The average molecular weight is 741 g/mol. The second kappa shape index (κ2) is 20.4. The highest BCUT2D eigenvalue weighted by atomic mass is 16.7. The van der Waals surface area contributed by atoms with E-state index in [0.29, 0.717) is 18.4 Å². The van der Waals surface area contributed by atoms with Gasteiger partial charge in [0.2, 0.25) is 11.7 Å². The number of carbonyl (C=O) groups is 1. The zero-order valence-electron chi connectivity index (χ0n) is 31.3. The molecule has 5 N–H and O–H groups in total. The number of carbonyl (C=O) groups excluding carboxylic acids is 1. The van der Waals surface area contributed by atoms with Crippen LogP contribution in [-0.4, -0.2) is 75.9 Å². The molecule has 2 heterocycles. The minimum Gasteiger partial charge on any atom is -0.507 e. The van der Waals surface area contributed by atoms with Crippen molar-refractivity contribution in [2.75, 3.05) is 13.7 Å². The standard InChI is InChI=1S/C41H56O12/c1-5-6-7-8-9-10-11-12-13-14-15-16-17-18-32(43)50-24-31-36(46)37(47)38(48)41(52-31)51-27-22-28-35(45)33-34(44)26(20-19-25(2)3)21-30(49-4)40(33)53-39(28)29(42)23-27/h10-11,19,21-23,31,36-38,41-42,44,46-48H,5-9,12-18,20,24H2,1-4H3/b11-10-/t31-,36-,37+,38-,41-/m1/s1. The molecule has 3 aromatic rings. The van der Waals surface area contributed by atoms with Gasteiger partial charge in [0.25, 0.3) is 0 Å². The van der Waals surface area contributed by atoms with E-state index in [0.717, 1.165) is 50.2 Å². The summed E-state index contributed by atoms with van der Waals surface area (Å²) in [7, 11) is 1.39. The second-order valence-corrected chi connectivity index (χ2v) is 14.0. The maximum Gasteiger partial charge on any atom is 0.305 e. The van der Waals surface area contributed by atoms with E-state index in [9.17, 15) is 35.1 Å². The molecule has 292 valence electrons. The highest BCUT2D eigenvalue weighted by Crippen LogP contribution is 2.39. The lowest BCUT2D eigenvalue weighted by Gasteiger charge is -2.39. The SMILES string of the molecule is CCCCCC/C=C\CCCCCCCC(=O)OC[C@H]1O[C@@H](Oc2cc(O)c3oc4c(OC)cc(CC=C(C)C)c(O)c4c(=O)c3c2)[C@H](O)[C@@H](O)[C@@H]1O. The van der Waals surface area contributed by atoms with Gasteiger partial charge in [-0.15, -0.1) is 0 Å². The first-order chi connectivity index (χ1) is 25.5. The van der Waals surface area contributed by atoms with Crippen LogP contribution in [0.15, 0.2) is 51.2 Å². The molecule has 4 rings (SSSR count). The molecule has 1 fully saturated rings. The number of methoxy groups -OCH3 is 1. The van der Waals surface area contributed by atoms with Crippen LogP contribution in [0.4, 0.5) is 0 Å². The lowest BCUT2D eigenvalue weighted by Crippen LogP contribution is -2.60. The molecule has 12 nitrogen and oxygen atoms in total. The molecule has 0 radical (unpaired) electrons. The van der Waals surface area contributed by atoms with Crippen LogP contribution in [0.1, 0.15) is 103 Å². The van der Waals surface area contributed by atoms with Crippen LogP contribution in [0.2, 0.25) is 0 Å². The molecule has 53 heavy (non-hydrogen) atoms. The molecule has 1 aliphatic rings. The van der Waals surface area contributed by atoms with E-state index in [1.807, 2.05) is 19.9 Å². The Kier molecular flexibility index (Phi) is 16.0. The Morgan fingerprint density at radius 1 is 0.868 bits per heavy atom. The van der Waals surface area contributed by atoms with Crippen LogP contribution in [-0.2, 0) is 20.7 Å². The van der Waals surface area contributed by atoms with E-state index in [1.165, 1.54) is 38.9 Å². The third-order valence-electron chi connectivity index (χ3n) is 9.44. The topological polar surface area (TPSA) is 185 Å². The third-order valence-corrected chi connectivity index (χ3v) is 9.44. The van der Waals surface area contributed by atoms with Gasteiger partial charge < -0.3 is 48.9 Å². The Bertz CT molecular complexity index is 1770. The van der Waals surface area contributed by atoms with Crippen molar-refractivity contribution in [2.24, 2.45) is 0 Å². The molecular weight excluding hydrogens is 684 g/mol. The Balaban J connectivity index is 1.35. The van der Waals surface area contributed by atoms with E-state index < -0.39 is 54.5 Å². The van der Waals surface area contributed by atoms with E-state index in [1.54, 1.807) is 6.07 Å². The molecule has 1 aromatic heterocycles. The largest absolute Gasteiger partial charge is 0.507 e. The first-order valence-corrected chi connectivity index (χ1v) is 18.8. The number of rotatable bonds is 20. The first-order valence-electron chi connectivity index (χ1n) is 18.8. The molecule has 0 aliphatic carbocycles. The number of benzene rings is 2. The second-order valence-electron chi connectivity index (χ2n) is 14.0. The van der Waals surface area contributed by atoms with Crippen molar-refractivity contribution >= 4 is 27.9 Å². The van der Waals surface area contributed by atoms with Gasteiger partial charge in [-0.1, -0.05) is 69.2 Å². The molecular formula is C41H56O12. The summed E-state index contributed by atoms with van der Waals surface area (Å²) in [6, 6.07) is 3.93. The van der Waals surface area contributed by atoms with Gasteiger partial charge in [0.05, 0.1) is 12.5 Å². The molecule has 1 saturated heterocycles. The van der Waals surface area contributed by atoms with Crippen molar-refractivity contribution in [3.8, 4) is 23.0 Å². The van der Waals surface area contributed by atoms with Crippen molar-refractivity contribution in [1.82, 2.24) is 0 Å². The summed E-state index contributed by atoms with van der Waals surface area (Å²) >= 11 is 0. The quantitative estimate of drug-likeness (QED) is 0.0351. The minimum atomic E-state index is -1.74. The van der Waals surface area contributed by atoms with Crippen LogP contribution < -0.4 is 14.9 Å². The fraction of sp³-hybridized carbons (Fsp3) is 0.561. The van der Waals surface area contributed by atoms with Gasteiger partial charge in [0.15, 0.2) is 22.7 Å². The number of aliphatic hydroxyl groups excluding tert-OH is 3. The van der Waals surface area contributed by atoms with Crippen molar-refractivity contribution < 1.29 is 53.7 Å². The van der Waals surface area contributed by atoms with Crippen LogP contribution in [0.25, 0.3) is 21.9 Å². The zero-order chi connectivity index (χ0) is 38.5. The van der Waals surface area contributed by atoms with Crippen LogP contribution in [0.5, 0.6) is 23.0 Å². The summed E-state index contributed by atoms with van der Waals surface area (Å²) in [5, 5.41) is 53.5. The van der Waals surface area contributed by atoms with Crippen molar-refractivity contribution in [2.45, 2.75) is 135 Å². The average Bonchev–Trinajstić information content (AvgIpc) is 3.13. The van der Waals surface area contributed by atoms with E-state index in [4.69, 9.17) is 23.4 Å². The maximum atomic E-state index is 13.8. The van der Waals surface area contributed by atoms with Crippen LogP contribution in [0.3, 0.4) is 0 Å². The Morgan fingerprint density at radius 3 is 2.23 bits per heavy atom. The van der Waals surface area contributed by atoms with Gasteiger partial charge in [-0.2, -0.15) is 0 Å². The normalized spacial score (nSPS) is 20.2. The van der Waals surface area contributed by atoms with Gasteiger partial charge in [-0.25, -0.2) is 0 Å². The highest BCUT2D eigenvalue weighted by molar-refractivity contribution is 5.98. The number of aromatic hydroxyl groups is 2. The fourth-order valence-electron chi connectivity index (χ4n) is 6.30. The van der Waals surface area contributed by atoms with Crippen LogP contribution in [0, 0.1) is 0 Å². The number of phenolic OH excluding ortho intramolecular Hbond substituents is 2. The van der Waals surface area contributed by atoms with Crippen LogP contribution >= 0.6 is 0 Å². The Hall–Kier alpha value is -4.10. The summed E-state index contributed by atoms with van der Waals surface area (Å²) in [5.74, 6) is -1.23. The van der Waals surface area contributed by atoms with Crippen molar-refractivity contribution in [3.63, 3.8) is 0 Å². The van der Waals surface area contributed by atoms with Gasteiger partial charge in [0, 0.05) is 18.1 Å². The molecule has 5 atom stereocenters. The lowest BCUT2D eigenvalue weighted by atomic mass is 9.99. The van der Waals surface area contributed by atoms with E-state index in [2.05, 4.69) is 19.1 Å². The fourth-order valence-corrected chi connectivity index (χ4v) is 6.30. The number of hydrogen-bond acceptors (Lipinski definition) is 12. The maximum absolute atomic E-state index is 13.8. The Morgan fingerprint density at radius 2 is 1.55 bits per heavy atom. The molecule has 0 bridgehead atoms. The number of allylic oxidation sites excluding steroid dienone is 4. The van der Waals surface area contributed by atoms with Gasteiger partial charge in [-0.05, 0) is 64.5 Å². The molecule has 2 aromatic carbocycles. The number of fused-ring (bicyclic) bond motifs is 2. The first kappa shape index (κ1) is 41.7. The number of hydrogen-bond donors (Lipinski definition) is 5. The monoisotopic (exact) mass is 740 g/mol. The number of aliphatic hydroxyl groups is 3. The summed E-state index contributed by atoms with van der Waals surface area (Å²) in [5.41, 5.74) is 0.506. The molecule has 12 heteroatoms. The summed E-state index contributed by atoms with van der Waals surface area (Å²) in [6.07, 6.45) is 11.1. The summed E-state index contributed by atoms with van der Waals surface area (Å²) in [6.45, 7) is 5.63. The molecule has 1 aliphatic heterocycles. The predicted octanol–water partition coefficient (Wildman–Crippen LogP) is 6.86.